The Bertz CT molecular complexity index is 580. The lowest BCUT2D eigenvalue weighted by molar-refractivity contribution is -0.870. The number of nitrogens with zero attached hydrogens (tertiary/aromatic N) is 1. The van der Waals surface area contributed by atoms with E-state index >= 15 is 0 Å². The second-order valence-corrected chi connectivity index (χ2v) is 11.7. The quantitative estimate of drug-likeness (QED) is 0.0701. The fourth-order valence-electron chi connectivity index (χ4n) is 3.53. The normalized spacial score (nSPS) is 15.3. The molecule has 9 nitrogen and oxygen atoms in total. The Morgan fingerprint density at radius 3 is 1.74 bits per heavy atom. The van der Waals surface area contributed by atoms with Crippen LogP contribution in [0.4, 0.5) is 0 Å². The highest BCUT2D eigenvalue weighted by molar-refractivity contribution is 7.47. The number of rotatable bonds is 23. The molecule has 0 amide bonds. The van der Waals surface area contributed by atoms with Gasteiger partial charge in [-0.05, 0) is 6.42 Å². The van der Waals surface area contributed by atoms with Gasteiger partial charge in [-0.15, -0.1) is 0 Å². The number of aliphatic hydroxyl groups is 3. The minimum atomic E-state index is -4.73. The van der Waals surface area contributed by atoms with Crippen molar-refractivity contribution in [3.05, 3.63) is 0 Å². The standard InChI is InChI=1S/C24H50NO8P/c1-5-6-7-8-9-10-11-12-13-14-15-16-17-18-22(27)23(24(28,29)21-26)33-34(30,31)32-20-19-25(2,3)4/h23,26,28-29H,5-21H2,1-4H3/p+1. The van der Waals surface area contributed by atoms with Crippen LogP contribution in [0.15, 0.2) is 0 Å². The Hall–Kier alpha value is -0.380. The Kier molecular flexibility index (Phi) is 17.8. The zero-order valence-corrected chi connectivity index (χ0v) is 22.8. The molecule has 0 aromatic heterocycles. The van der Waals surface area contributed by atoms with E-state index in [1.54, 1.807) is 0 Å². The zero-order valence-electron chi connectivity index (χ0n) is 21.9. The van der Waals surface area contributed by atoms with Crippen LogP contribution in [0, 0.1) is 0 Å². The van der Waals surface area contributed by atoms with E-state index in [2.05, 4.69) is 6.92 Å². The third-order valence-corrected chi connectivity index (χ3v) is 6.71. The number of likely N-dealkylation sites (N-methyl/N-ethyl adjacent to an activating group) is 1. The number of hydrogen-bond donors (Lipinski definition) is 4. The predicted molar refractivity (Wildman–Crippen MR) is 133 cm³/mol. The number of carbonyl (C=O) groups excluding carboxylic acids is 1. The van der Waals surface area contributed by atoms with Crippen molar-refractivity contribution in [2.45, 2.75) is 109 Å². The lowest BCUT2D eigenvalue weighted by atomic mass is 10.0. The summed E-state index contributed by atoms with van der Waals surface area (Å²) < 4.78 is 22.4. The molecule has 0 saturated carbocycles. The van der Waals surface area contributed by atoms with Crippen LogP contribution in [0.25, 0.3) is 0 Å². The maximum atomic E-state index is 12.5. The molecule has 2 atom stereocenters. The first-order valence-corrected chi connectivity index (χ1v) is 14.4. The molecule has 0 heterocycles. The summed E-state index contributed by atoms with van der Waals surface area (Å²) in [6.45, 7) is 1.27. The third-order valence-electron chi connectivity index (χ3n) is 5.73. The van der Waals surface area contributed by atoms with E-state index in [0.717, 1.165) is 25.7 Å². The molecule has 204 valence electrons. The van der Waals surface area contributed by atoms with Crippen LogP contribution in [0.5, 0.6) is 0 Å². The van der Waals surface area contributed by atoms with Crippen molar-refractivity contribution in [1.29, 1.82) is 0 Å². The predicted octanol–water partition coefficient (Wildman–Crippen LogP) is 3.92. The summed E-state index contributed by atoms with van der Waals surface area (Å²) >= 11 is 0. The molecule has 34 heavy (non-hydrogen) atoms. The first-order valence-electron chi connectivity index (χ1n) is 12.9. The molecule has 0 aromatic rings. The second-order valence-electron chi connectivity index (χ2n) is 10.3. The first kappa shape index (κ1) is 33.6. The minimum Gasteiger partial charge on any atom is -0.391 e. The van der Waals surface area contributed by atoms with Gasteiger partial charge in [-0.2, -0.15) is 0 Å². The van der Waals surface area contributed by atoms with Gasteiger partial charge in [0.1, 0.15) is 19.8 Å². The fourth-order valence-corrected chi connectivity index (χ4v) is 4.45. The van der Waals surface area contributed by atoms with Gasteiger partial charge in [0, 0.05) is 6.42 Å². The van der Waals surface area contributed by atoms with Crippen LogP contribution in [0.2, 0.25) is 0 Å². The van der Waals surface area contributed by atoms with Gasteiger partial charge in [-0.3, -0.25) is 13.8 Å². The molecule has 0 rings (SSSR count). The Morgan fingerprint density at radius 1 is 0.882 bits per heavy atom. The molecule has 0 saturated heterocycles. The molecule has 0 bridgehead atoms. The number of carbonyl (C=O) groups is 1. The SMILES string of the molecule is CCCCCCCCCCCCCCCC(=O)C(OP(=O)(O)OCC[N+](C)(C)C)C(O)(O)CO. The van der Waals surface area contributed by atoms with Crippen molar-refractivity contribution in [3.63, 3.8) is 0 Å². The van der Waals surface area contributed by atoms with Crippen LogP contribution >= 0.6 is 7.82 Å². The van der Waals surface area contributed by atoms with Gasteiger partial charge in [0.25, 0.3) is 0 Å². The maximum absolute atomic E-state index is 12.5. The molecule has 10 heteroatoms. The second kappa shape index (κ2) is 18.0. The Morgan fingerprint density at radius 2 is 1.32 bits per heavy atom. The van der Waals surface area contributed by atoms with Crippen molar-refractivity contribution in [2.75, 3.05) is 40.9 Å². The van der Waals surface area contributed by atoms with Gasteiger partial charge < -0.3 is 24.7 Å². The molecule has 0 radical (unpaired) electrons. The van der Waals surface area contributed by atoms with Gasteiger partial charge in [0.05, 0.1) is 21.1 Å². The average Bonchev–Trinajstić information content (AvgIpc) is 2.74. The zero-order chi connectivity index (χ0) is 26.1. The van der Waals surface area contributed by atoms with Gasteiger partial charge in [0.2, 0.25) is 5.79 Å². The van der Waals surface area contributed by atoms with Crippen molar-refractivity contribution >= 4 is 13.6 Å². The van der Waals surface area contributed by atoms with E-state index in [9.17, 15) is 29.6 Å². The molecule has 0 aliphatic heterocycles. The van der Waals surface area contributed by atoms with Crippen molar-refractivity contribution in [3.8, 4) is 0 Å². The van der Waals surface area contributed by atoms with E-state index in [0.29, 0.717) is 17.4 Å². The highest BCUT2D eigenvalue weighted by Gasteiger charge is 2.45. The topological polar surface area (TPSA) is 134 Å². The Labute approximate surface area is 206 Å². The minimum absolute atomic E-state index is 0.0514. The van der Waals surface area contributed by atoms with Gasteiger partial charge >= 0.3 is 7.82 Å². The van der Waals surface area contributed by atoms with E-state index in [1.165, 1.54) is 51.4 Å². The van der Waals surface area contributed by atoms with Gasteiger partial charge in [0.15, 0.2) is 11.9 Å². The molecular weight excluding hydrogens is 461 g/mol. The number of hydrogen-bond acceptors (Lipinski definition) is 7. The van der Waals surface area contributed by atoms with Crippen molar-refractivity contribution < 1.29 is 43.1 Å². The first-order chi connectivity index (χ1) is 15.8. The van der Waals surface area contributed by atoms with Crippen LogP contribution < -0.4 is 0 Å². The largest absolute Gasteiger partial charge is 0.473 e. The Balaban J connectivity index is 4.26. The lowest BCUT2D eigenvalue weighted by Crippen LogP contribution is -2.51. The highest BCUT2D eigenvalue weighted by Crippen LogP contribution is 2.46. The summed E-state index contributed by atoms with van der Waals surface area (Å²) in [4.78, 5) is 22.4. The van der Waals surface area contributed by atoms with Crippen LogP contribution in [-0.4, -0.2) is 83.3 Å². The molecule has 0 spiro atoms. The molecular formula is C24H51NO8P+. The number of quaternary nitrogens is 1. The molecule has 0 aliphatic carbocycles. The summed E-state index contributed by atoms with van der Waals surface area (Å²) in [7, 11) is 0.871. The van der Waals surface area contributed by atoms with E-state index in [-0.39, 0.29) is 13.0 Å². The summed E-state index contributed by atoms with van der Waals surface area (Å²) in [6.07, 6.45) is 12.7. The lowest BCUT2D eigenvalue weighted by Gasteiger charge is -2.30. The third kappa shape index (κ3) is 18.0. The van der Waals surface area contributed by atoms with Crippen LogP contribution in [-0.2, 0) is 18.4 Å². The number of Topliss-reactive ketones (excluding diaryl/α,β-unsaturated/α-hetero) is 1. The average molecular weight is 513 g/mol. The van der Waals surface area contributed by atoms with Gasteiger partial charge in [-0.25, -0.2) is 4.57 Å². The van der Waals surface area contributed by atoms with E-state index in [1.807, 2.05) is 21.1 Å². The fraction of sp³-hybridized carbons (Fsp3) is 0.958. The van der Waals surface area contributed by atoms with Crippen LogP contribution in [0.1, 0.15) is 96.8 Å². The molecule has 2 unspecified atom stereocenters. The van der Waals surface area contributed by atoms with E-state index in [4.69, 9.17) is 9.05 Å². The number of phosphoric ester groups is 1. The smallest absolute Gasteiger partial charge is 0.391 e. The summed E-state index contributed by atoms with van der Waals surface area (Å²) in [5.74, 6) is -3.73. The molecule has 0 fully saturated rings. The van der Waals surface area contributed by atoms with Crippen molar-refractivity contribution in [1.82, 2.24) is 0 Å². The monoisotopic (exact) mass is 512 g/mol. The number of aliphatic hydroxyl groups excluding tert-OH is 1. The summed E-state index contributed by atoms with van der Waals surface area (Å²) in [6, 6.07) is 0. The highest BCUT2D eigenvalue weighted by atomic mass is 31.2. The molecule has 4 N–H and O–H groups in total. The molecule has 0 aromatic carbocycles. The van der Waals surface area contributed by atoms with Gasteiger partial charge in [-0.1, -0.05) is 84.0 Å². The van der Waals surface area contributed by atoms with Crippen LogP contribution in [0.3, 0.4) is 0 Å². The number of phosphoric acid groups is 1. The summed E-state index contributed by atoms with van der Waals surface area (Å²) in [5.41, 5.74) is 0. The van der Waals surface area contributed by atoms with Crippen molar-refractivity contribution in [2.24, 2.45) is 0 Å². The van der Waals surface area contributed by atoms with E-state index < -0.39 is 32.1 Å². The molecule has 0 aliphatic rings. The number of ketones is 1. The summed E-state index contributed by atoms with van der Waals surface area (Å²) in [5, 5.41) is 29.1. The number of unbranched alkanes of at least 4 members (excludes halogenated alkanes) is 12. The maximum Gasteiger partial charge on any atom is 0.473 e.